The fraction of sp³-hybridized carbons (Fsp3) is 0.368. The maximum absolute atomic E-state index is 13.8. The van der Waals surface area contributed by atoms with Gasteiger partial charge in [0.05, 0.1) is 18.7 Å². The number of rotatable bonds is 5. The molecular weight excluding hydrogens is 387 g/mol. The number of halogens is 2. The lowest BCUT2D eigenvalue weighted by molar-refractivity contribution is -0.149. The molecule has 1 N–H and O–H groups in total. The van der Waals surface area contributed by atoms with Gasteiger partial charge in [-0.15, -0.1) is 0 Å². The van der Waals surface area contributed by atoms with Gasteiger partial charge in [0, 0.05) is 24.3 Å². The molecule has 1 aliphatic rings. The third kappa shape index (κ3) is 4.75. The van der Waals surface area contributed by atoms with E-state index in [0.29, 0.717) is 43.8 Å². The minimum absolute atomic E-state index is 0.0696. The van der Waals surface area contributed by atoms with Gasteiger partial charge < -0.3 is 15.0 Å². The fourth-order valence-corrected chi connectivity index (χ4v) is 3.19. The van der Waals surface area contributed by atoms with Crippen molar-refractivity contribution in [1.82, 2.24) is 14.9 Å². The number of ether oxygens (including phenoxy) is 1. The Morgan fingerprint density at radius 2 is 2.11 bits per heavy atom. The number of nitrogens with zero attached hydrogens (tertiary/aromatic N) is 3. The van der Waals surface area contributed by atoms with Crippen molar-refractivity contribution in [2.24, 2.45) is 5.92 Å². The zero-order valence-electron chi connectivity index (χ0n) is 15.3. The third-order valence-electron chi connectivity index (χ3n) is 4.49. The normalized spacial score (nSPS) is 14.6. The van der Waals surface area contributed by atoms with Crippen molar-refractivity contribution in [3.8, 4) is 0 Å². The van der Waals surface area contributed by atoms with E-state index < -0.39 is 5.82 Å². The average molecular weight is 407 g/mol. The van der Waals surface area contributed by atoms with Crippen molar-refractivity contribution in [3.05, 3.63) is 47.1 Å². The molecule has 2 heterocycles. The Morgan fingerprint density at radius 1 is 1.36 bits per heavy atom. The first-order chi connectivity index (χ1) is 13.5. The van der Waals surface area contributed by atoms with Crippen LogP contribution in [0.5, 0.6) is 0 Å². The SMILES string of the molecule is CCOC(=O)C1CCN(C(=O)c2cccc(Nc3nc(Cl)ncc3F)c2)CC1. The van der Waals surface area contributed by atoms with Gasteiger partial charge in [-0.25, -0.2) is 9.37 Å². The molecule has 9 heteroatoms. The van der Waals surface area contributed by atoms with Crippen LogP contribution in [0.2, 0.25) is 5.28 Å². The summed E-state index contributed by atoms with van der Waals surface area (Å²) in [5, 5.41) is 2.72. The number of hydrogen-bond donors (Lipinski definition) is 1. The number of piperidine rings is 1. The Labute approximate surface area is 166 Å². The van der Waals surface area contributed by atoms with Gasteiger partial charge in [0.2, 0.25) is 5.28 Å². The molecule has 1 aromatic heterocycles. The van der Waals surface area contributed by atoms with Gasteiger partial charge in [-0.2, -0.15) is 4.98 Å². The van der Waals surface area contributed by atoms with Gasteiger partial charge in [0.15, 0.2) is 11.6 Å². The van der Waals surface area contributed by atoms with Crippen molar-refractivity contribution < 1.29 is 18.7 Å². The highest BCUT2D eigenvalue weighted by atomic mass is 35.5. The Balaban J connectivity index is 1.66. The fourth-order valence-electron chi connectivity index (χ4n) is 3.06. The maximum Gasteiger partial charge on any atom is 0.309 e. The summed E-state index contributed by atoms with van der Waals surface area (Å²) in [4.78, 5) is 33.7. The monoisotopic (exact) mass is 406 g/mol. The van der Waals surface area contributed by atoms with Crippen LogP contribution in [0.4, 0.5) is 15.9 Å². The second kappa shape index (κ2) is 8.97. The number of carbonyl (C=O) groups excluding carboxylic acids is 2. The number of aromatic nitrogens is 2. The highest BCUT2D eigenvalue weighted by Gasteiger charge is 2.28. The first-order valence-corrected chi connectivity index (χ1v) is 9.36. The topological polar surface area (TPSA) is 84.4 Å². The molecule has 0 unspecified atom stereocenters. The molecule has 2 aromatic rings. The van der Waals surface area contributed by atoms with Crippen molar-refractivity contribution in [1.29, 1.82) is 0 Å². The van der Waals surface area contributed by atoms with E-state index in [2.05, 4.69) is 15.3 Å². The number of likely N-dealkylation sites (tertiary alicyclic amines) is 1. The Kier molecular flexibility index (Phi) is 6.41. The quantitative estimate of drug-likeness (QED) is 0.605. The molecule has 0 saturated carbocycles. The Bertz CT molecular complexity index is 872. The Morgan fingerprint density at radius 3 is 2.82 bits per heavy atom. The second-order valence-electron chi connectivity index (χ2n) is 6.36. The molecule has 0 spiro atoms. The zero-order chi connectivity index (χ0) is 20.1. The van der Waals surface area contributed by atoms with Crippen LogP contribution in [0.25, 0.3) is 0 Å². The zero-order valence-corrected chi connectivity index (χ0v) is 16.1. The van der Waals surface area contributed by atoms with Crippen LogP contribution in [0.3, 0.4) is 0 Å². The molecular formula is C19H20ClFN4O3. The molecule has 1 aromatic carbocycles. The highest BCUT2D eigenvalue weighted by Crippen LogP contribution is 2.23. The van der Waals surface area contributed by atoms with Crippen LogP contribution in [-0.4, -0.2) is 46.4 Å². The van der Waals surface area contributed by atoms with E-state index >= 15 is 0 Å². The van der Waals surface area contributed by atoms with Crippen molar-refractivity contribution in [2.75, 3.05) is 25.0 Å². The van der Waals surface area contributed by atoms with E-state index in [4.69, 9.17) is 16.3 Å². The minimum Gasteiger partial charge on any atom is -0.466 e. The molecule has 148 valence electrons. The first kappa shape index (κ1) is 20.0. The van der Waals surface area contributed by atoms with Crippen LogP contribution < -0.4 is 5.32 Å². The molecule has 0 bridgehead atoms. The van der Waals surface area contributed by atoms with Gasteiger partial charge in [0.25, 0.3) is 5.91 Å². The Hall–Kier alpha value is -2.74. The van der Waals surface area contributed by atoms with E-state index in [1.807, 2.05) is 0 Å². The summed E-state index contributed by atoms with van der Waals surface area (Å²) in [7, 11) is 0. The first-order valence-electron chi connectivity index (χ1n) is 8.99. The largest absolute Gasteiger partial charge is 0.466 e. The lowest BCUT2D eigenvalue weighted by atomic mass is 9.96. The smallest absolute Gasteiger partial charge is 0.309 e. The van der Waals surface area contributed by atoms with Crippen LogP contribution in [0.15, 0.2) is 30.5 Å². The molecule has 3 rings (SSSR count). The lowest BCUT2D eigenvalue weighted by Gasteiger charge is -2.31. The van der Waals surface area contributed by atoms with Gasteiger partial charge in [0.1, 0.15) is 0 Å². The summed E-state index contributed by atoms with van der Waals surface area (Å²) in [5.74, 6) is -1.23. The summed E-state index contributed by atoms with van der Waals surface area (Å²) >= 11 is 5.70. The van der Waals surface area contributed by atoms with E-state index in [-0.39, 0.29) is 28.9 Å². The van der Waals surface area contributed by atoms with Gasteiger partial charge in [-0.1, -0.05) is 6.07 Å². The maximum atomic E-state index is 13.8. The molecule has 1 saturated heterocycles. The average Bonchev–Trinajstić information content (AvgIpc) is 2.71. The predicted molar refractivity (Wildman–Crippen MR) is 102 cm³/mol. The van der Waals surface area contributed by atoms with Gasteiger partial charge in [-0.05, 0) is 49.6 Å². The standard InChI is InChI=1S/C19H20ClFN4O3/c1-2-28-18(27)12-6-8-25(9-7-12)17(26)13-4-3-5-14(10-13)23-16-15(21)11-22-19(20)24-16/h3-5,10-12H,2,6-9H2,1H3,(H,22,23,24). The summed E-state index contributed by atoms with van der Waals surface area (Å²) in [6, 6.07) is 6.70. The summed E-state index contributed by atoms with van der Waals surface area (Å²) in [5.41, 5.74) is 0.959. The number of anilines is 2. The van der Waals surface area contributed by atoms with E-state index in [1.165, 1.54) is 0 Å². The number of carbonyl (C=O) groups is 2. The number of esters is 1. The van der Waals surface area contributed by atoms with Crippen molar-refractivity contribution in [2.45, 2.75) is 19.8 Å². The van der Waals surface area contributed by atoms with E-state index in [9.17, 15) is 14.0 Å². The molecule has 28 heavy (non-hydrogen) atoms. The lowest BCUT2D eigenvalue weighted by Crippen LogP contribution is -2.40. The van der Waals surface area contributed by atoms with Crippen LogP contribution in [0, 0.1) is 11.7 Å². The van der Waals surface area contributed by atoms with Crippen LogP contribution in [0.1, 0.15) is 30.1 Å². The summed E-state index contributed by atoms with van der Waals surface area (Å²) in [6.45, 7) is 3.10. The van der Waals surface area contributed by atoms with Crippen molar-refractivity contribution in [3.63, 3.8) is 0 Å². The molecule has 0 atom stereocenters. The van der Waals surface area contributed by atoms with E-state index in [0.717, 1.165) is 6.20 Å². The second-order valence-corrected chi connectivity index (χ2v) is 6.70. The molecule has 7 nitrogen and oxygen atoms in total. The summed E-state index contributed by atoms with van der Waals surface area (Å²) < 4.78 is 18.9. The number of amides is 1. The predicted octanol–water partition coefficient (Wildman–Crippen LogP) is 3.43. The molecule has 1 fully saturated rings. The molecule has 1 aliphatic heterocycles. The van der Waals surface area contributed by atoms with Crippen molar-refractivity contribution >= 4 is 35.0 Å². The van der Waals surface area contributed by atoms with Gasteiger partial charge in [-0.3, -0.25) is 9.59 Å². The highest BCUT2D eigenvalue weighted by molar-refractivity contribution is 6.28. The minimum atomic E-state index is -0.651. The van der Waals surface area contributed by atoms with E-state index in [1.54, 1.807) is 36.1 Å². The number of nitrogens with one attached hydrogen (secondary N) is 1. The molecule has 0 aliphatic carbocycles. The summed E-state index contributed by atoms with van der Waals surface area (Å²) in [6.07, 6.45) is 2.13. The van der Waals surface area contributed by atoms with Crippen LogP contribution >= 0.6 is 11.6 Å². The number of hydrogen-bond acceptors (Lipinski definition) is 6. The van der Waals surface area contributed by atoms with Gasteiger partial charge >= 0.3 is 5.97 Å². The molecule has 1 amide bonds. The third-order valence-corrected chi connectivity index (χ3v) is 4.67. The number of benzene rings is 1. The molecule has 0 radical (unpaired) electrons. The van der Waals surface area contributed by atoms with Crippen LogP contribution in [-0.2, 0) is 9.53 Å².